The lowest BCUT2D eigenvalue weighted by Gasteiger charge is -2.37. The fraction of sp³-hybridized carbons (Fsp3) is 1.00. The summed E-state index contributed by atoms with van der Waals surface area (Å²) in [6.07, 6.45) is 8.72. The van der Waals surface area contributed by atoms with Crippen LogP contribution in [0.15, 0.2) is 0 Å². The van der Waals surface area contributed by atoms with Gasteiger partial charge >= 0.3 is 0 Å². The highest BCUT2D eigenvalue weighted by atomic mass is 16.5. The fourth-order valence-electron chi connectivity index (χ4n) is 4.13. The Hall–Kier alpha value is -0.0800. The van der Waals surface area contributed by atoms with Crippen LogP contribution in [-0.4, -0.2) is 37.2 Å². The predicted octanol–water partition coefficient (Wildman–Crippen LogP) is 5.22. The highest BCUT2D eigenvalue weighted by molar-refractivity contribution is 4.79. The maximum atomic E-state index is 6.17. The third kappa shape index (κ3) is 6.38. The molecule has 1 atom stereocenters. The third-order valence-electron chi connectivity index (χ3n) is 6.62. The van der Waals surface area contributed by atoms with Crippen molar-refractivity contribution in [3.8, 4) is 0 Å². The fourth-order valence-corrected chi connectivity index (χ4v) is 4.13. The van der Waals surface area contributed by atoms with Crippen molar-refractivity contribution >= 4 is 0 Å². The van der Waals surface area contributed by atoms with E-state index < -0.39 is 0 Å². The Morgan fingerprint density at radius 3 is 2.00 bits per heavy atom. The average molecular weight is 324 g/mol. The molecule has 0 amide bonds. The summed E-state index contributed by atoms with van der Waals surface area (Å²) >= 11 is 0. The van der Waals surface area contributed by atoms with Crippen molar-refractivity contribution in [1.29, 1.82) is 0 Å². The normalized spacial score (nSPS) is 29.3. The van der Waals surface area contributed by atoms with E-state index in [4.69, 9.17) is 4.74 Å². The van der Waals surface area contributed by atoms with Gasteiger partial charge in [0, 0.05) is 13.2 Å². The summed E-state index contributed by atoms with van der Waals surface area (Å²) in [5.74, 6) is 4.19. The van der Waals surface area contributed by atoms with Gasteiger partial charge in [0.05, 0.1) is 6.10 Å². The first kappa shape index (κ1) is 19.2. The quantitative estimate of drug-likeness (QED) is 0.636. The van der Waals surface area contributed by atoms with Gasteiger partial charge in [0.1, 0.15) is 0 Å². The van der Waals surface area contributed by atoms with E-state index in [0.717, 1.165) is 30.3 Å². The van der Waals surface area contributed by atoms with E-state index in [1.807, 2.05) is 0 Å². The molecule has 2 nitrogen and oxygen atoms in total. The first-order valence-electron chi connectivity index (χ1n) is 10.3. The SMILES string of the molecule is CC(C)C(C)COC1CCC(CN2CCC(C(C)C)CC2)CC1. The van der Waals surface area contributed by atoms with E-state index in [1.165, 1.54) is 58.2 Å². The zero-order valence-electron chi connectivity index (χ0n) is 16.4. The summed E-state index contributed by atoms with van der Waals surface area (Å²) in [6, 6.07) is 0. The van der Waals surface area contributed by atoms with Gasteiger partial charge in [-0.15, -0.1) is 0 Å². The lowest BCUT2D eigenvalue weighted by atomic mass is 9.84. The molecule has 1 saturated carbocycles. The second-order valence-electron chi connectivity index (χ2n) is 9.08. The first-order chi connectivity index (χ1) is 11.0. The molecule has 1 aliphatic heterocycles. The van der Waals surface area contributed by atoms with Gasteiger partial charge in [-0.2, -0.15) is 0 Å². The number of likely N-dealkylation sites (tertiary alicyclic amines) is 1. The van der Waals surface area contributed by atoms with Gasteiger partial charge in [0.2, 0.25) is 0 Å². The average Bonchev–Trinajstić information content (AvgIpc) is 2.54. The van der Waals surface area contributed by atoms with Gasteiger partial charge in [-0.3, -0.25) is 0 Å². The molecule has 1 saturated heterocycles. The molecule has 2 rings (SSSR count). The van der Waals surface area contributed by atoms with Crippen molar-refractivity contribution in [3.63, 3.8) is 0 Å². The largest absolute Gasteiger partial charge is 0.378 e. The molecular weight excluding hydrogens is 282 g/mol. The Kier molecular flexibility index (Phi) is 7.88. The van der Waals surface area contributed by atoms with E-state index in [2.05, 4.69) is 39.5 Å². The van der Waals surface area contributed by atoms with E-state index >= 15 is 0 Å². The molecule has 0 aromatic rings. The smallest absolute Gasteiger partial charge is 0.0575 e. The van der Waals surface area contributed by atoms with Crippen molar-refractivity contribution in [2.45, 2.75) is 79.2 Å². The molecule has 0 bridgehead atoms. The van der Waals surface area contributed by atoms with E-state index in [-0.39, 0.29) is 0 Å². The number of hydrogen-bond donors (Lipinski definition) is 0. The van der Waals surface area contributed by atoms with Crippen LogP contribution in [0.5, 0.6) is 0 Å². The Morgan fingerprint density at radius 2 is 1.48 bits per heavy atom. The Labute approximate surface area is 145 Å². The van der Waals surface area contributed by atoms with Gasteiger partial charge in [-0.05, 0) is 81.2 Å². The lowest BCUT2D eigenvalue weighted by molar-refractivity contribution is -0.00912. The van der Waals surface area contributed by atoms with Gasteiger partial charge in [-0.25, -0.2) is 0 Å². The monoisotopic (exact) mass is 323 g/mol. The minimum Gasteiger partial charge on any atom is -0.378 e. The summed E-state index contributed by atoms with van der Waals surface area (Å²) in [5.41, 5.74) is 0. The van der Waals surface area contributed by atoms with Crippen LogP contribution < -0.4 is 0 Å². The van der Waals surface area contributed by atoms with Gasteiger partial charge < -0.3 is 9.64 Å². The van der Waals surface area contributed by atoms with Crippen LogP contribution in [0, 0.1) is 29.6 Å². The van der Waals surface area contributed by atoms with Crippen molar-refractivity contribution in [2.75, 3.05) is 26.2 Å². The Balaban J connectivity index is 1.60. The molecule has 136 valence electrons. The molecule has 2 aliphatic rings. The molecule has 0 aromatic carbocycles. The summed E-state index contributed by atoms with van der Waals surface area (Å²) in [7, 11) is 0. The van der Waals surface area contributed by atoms with Gasteiger partial charge in [-0.1, -0.05) is 34.6 Å². The number of nitrogens with zero attached hydrogens (tertiary/aromatic N) is 1. The first-order valence-corrected chi connectivity index (χ1v) is 10.3. The minimum atomic E-state index is 0.541. The summed E-state index contributed by atoms with van der Waals surface area (Å²) in [6.45, 7) is 16.7. The second kappa shape index (κ2) is 9.42. The lowest BCUT2D eigenvalue weighted by Crippen LogP contribution is -2.39. The standard InChI is InChI=1S/C21H41NO/c1-16(2)18(5)15-23-21-8-6-19(7-9-21)14-22-12-10-20(11-13-22)17(3)4/h16-21H,6-15H2,1-5H3. The summed E-state index contributed by atoms with van der Waals surface area (Å²) < 4.78 is 6.17. The topological polar surface area (TPSA) is 12.5 Å². The molecular formula is C21H41NO. The Bertz CT molecular complexity index is 312. The Morgan fingerprint density at radius 1 is 0.870 bits per heavy atom. The van der Waals surface area contributed by atoms with Gasteiger partial charge in [0.25, 0.3) is 0 Å². The van der Waals surface area contributed by atoms with Crippen molar-refractivity contribution < 1.29 is 4.74 Å². The minimum absolute atomic E-state index is 0.541. The molecule has 23 heavy (non-hydrogen) atoms. The molecule has 0 aromatic heterocycles. The number of rotatable bonds is 7. The molecule has 2 heteroatoms. The molecule has 1 unspecified atom stereocenters. The molecule has 1 heterocycles. The van der Waals surface area contributed by atoms with Crippen molar-refractivity contribution in [1.82, 2.24) is 4.90 Å². The molecule has 0 N–H and O–H groups in total. The zero-order chi connectivity index (χ0) is 16.8. The van der Waals surface area contributed by atoms with Crippen molar-refractivity contribution in [2.24, 2.45) is 29.6 Å². The molecule has 1 aliphatic carbocycles. The number of hydrogen-bond acceptors (Lipinski definition) is 2. The maximum Gasteiger partial charge on any atom is 0.0575 e. The third-order valence-corrected chi connectivity index (χ3v) is 6.62. The van der Waals surface area contributed by atoms with E-state index in [1.54, 1.807) is 0 Å². The van der Waals surface area contributed by atoms with Crippen molar-refractivity contribution in [3.05, 3.63) is 0 Å². The molecule has 0 spiro atoms. The van der Waals surface area contributed by atoms with Crippen LogP contribution in [0.3, 0.4) is 0 Å². The highest BCUT2D eigenvalue weighted by Crippen LogP contribution is 2.30. The molecule has 2 fully saturated rings. The van der Waals surface area contributed by atoms with E-state index in [0.29, 0.717) is 12.0 Å². The summed E-state index contributed by atoms with van der Waals surface area (Å²) in [5, 5.41) is 0. The predicted molar refractivity (Wildman–Crippen MR) is 99.7 cm³/mol. The van der Waals surface area contributed by atoms with Crippen LogP contribution in [0.25, 0.3) is 0 Å². The van der Waals surface area contributed by atoms with Crippen LogP contribution in [0.1, 0.15) is 73.1 Å². The highest BCUT2D eigenvalue weighted by Gasteiger charge is 2.27. The van der Waals surface area contributed by atoms with Crippen LogP contribution in [0.2, 0.25) is 0 Å². The number of piperidine rings is 1. The zero-order valence-corrected chi connectivity index (χ0v) is 16.4. The molecule has 0 radical (unpaired) electrons. The van der Waals surface area contributed by atoms with Gasteiger partial charge in [0.15, 0.2) is 0 Å². The van der Waals surface area contributed by atoms with E-state index in [9.17, 15) is 0 Å². The van der Waals surface area contributed by atoms with Crippen LogP contribution in [0.4, 0.5) is 0 Å². The maximum absolute atomic E-state index is 6.17. The number of ether oxygens (including phenoxy) is 1. The van der Waals surface area contributed by atoms with Crippen LogP contribution in [-0.2, 0) is 4.74 Å². The second-order valence-corrected chi connectivity index (χ2v) is 9.08. The van der Waals surface area contributed by atoms with Crippen LogP contribution >= 0.6 is 0 Å². The summed E-state index contributed by atoms with van der Waals surface area (Å²) in [4.78, 5) is 2.74.